The summed E-state index contributed by atoms with van der Waals surface area (Å²) in [6, 6.07) is 5.08. The normalized spacial score (nSPS) is 23.6. The SMILES string of the molecule is C[C@H]1CN(Cc2cc(=O)n3cc(Cl)ccc3n2)C[C@H](C)O1. The molecule has 0 N–H and O–H groups in total. The van der Waals surface area contributed by atoms with E-state index in [4.69, 9.17) is 16.3 Å². The number of ether oxygens (including phenoxy) is 1. The van der Waals surface area contributed by atoms with Crippen LogP contribution < -0.4 is 5.56 Å². The van der Waals surface area contributed by atoms with Crippen LogP contribution in [0, 0.1) is 0 Å². The minimum absolute atomic E-state index is 0.105. The number of rotatable bonds is 2. The molecule has 1 aliphatic rings. The van der Waals surface area contributed by atoms with Gasteiger partial charge in [-0.25, -0.2) is 4.98 Å². The topological polar surface area (TPSA) is 46.8 Å². The van der Waals surface area contributed by atoms with Crippen LogP contribution in [0.25, 0.3) is 5.65 Å². The zero-order valence-electron chi connectivity index (χ0n) is 12.1. The minimum Gasteiger partial charge on any atom is -0.373 e. The number of fused-ring (bicyclic) bond motifs is 1. The maximum absolute atomic E-state index is 12.1. The lowest BCUT2D eigenvalue weighted by atomic mass is 10.2. The van der Waals surface area contributed by atoms with Gasteiger partial charge in [-0.1, -0.05) is 11.6 Å². The lowest BCUT2D eigenvalue weighted by Gasteiger charge is -2.35. The molecule has 5 nitrogen and oxygen atoms in total. The molecule has 0 spiro atoms. The second-order valence-corrected chi connectivity index (χ2v) is 6.05. The van der Waals surface area contributed by atoms with Crippen molar-refractivity contribution in [2.45, 2.75) is 32.6 Å². The number of halogens is 1. The van der Waals surface area contributed by atoms with Crippen LogP contribution in [0.15, 0.2) is 29.2 Å². The van der Waals surface area contributed by atoms with Crippen molar-refractivity contribution in [2.75, 3.05) is 13.1 Å². The first-order valence-corrected chi connectivity index (χ1v) is 7.45. The van der Waals surface area contributed by atoms with Gasteiger partial charge in [-0.2, -0.15) is 0 Å². The van der Waals surface area contributed by atoms with Crippen LogP contribution >= 0.6 is 11.6 Å². The molecule has 0 unspecified atom stereocenters. The zero-order chi connectivity index (χ0) is 15.0. The lowest BCUT2D eigenvalue weighted by Crippen LogP contribution is -2.45. The van der Waals surface area contributed by atoms with Crippen molar-refractivity contribution in [1.82, 2.24) is 14.3 Å². The molecule has 0 bridgehead atoms. The van der Waals surface area contributed by atoms with Crippen LogP contribution in [-0.4, -0.2) is 39.6 Å². The summed E-state index contributed by atoms with van der Waals surface area (Å²) in [4.78, 5) is 19.0. The van der Waals surface area contributed by atoms with Crippen molar-refractivity contribution in [3.8, 4) is 0 Å². The van der Waals surface area contributed by atoms with Gasteiger partial charge in [-0.15, -0.1) is 0 Å². The Bertz CT molecular complexity index is 706. The third kappa shape index (κ3) is 3.26. The molecule has 0 amide bonds. The average Bonchev–Trinajstić information content (AvgIpc) is 2.38. The molecule has 1 saturated heterocycles. The van der Waals surface area contributed by atoms with Gasteiger partial charge in [0.1, 0.15) is 5.65 Å². The van der Waals surface area contributed by atoms with Crippen molar-refractivity contribution < 1.29 is 4.74 Å². The summed E-state index contributed by atoms with van der Waals surface area (Å²) in [5.41, 5.74) is 1.30. The molecule has 2 aromatic rings. The Kier molecular flexibility index (Phi) is 3.97. The van der Waals surface area contributed by atoms with E-state index in [-0.39, 0.29) is 17.8 Å². The summed E-state index contributed by atoms with van der Waals surface area (Å²) in [6.07, 6.45) is 2.00. The Morgan fingerprint density at radius 2 is 2.05 bits per heavy atom. The standard InChI is InChI=1S/C15H18ClN3O2/c1-10-6-18(7-11(2)21-10)9-13-5-15(20)19-8-12(16)3-4-14(19)17-13/h3-5,8,10-11H,6-7,9H2,1-2H3/t10-,11-/m0/s1. The van der Waals surface area contributed by atoms with E-state index >= 15 is 0 Å². The highest BCUT2D eigenvalue weighted by Gasteiger charge is 2.22. The summed E-state index contributed by atoms with van der Waals surface area (Å²) in [5, 5.41) is 0.523. The van der Waals surface area contributed by atoms with E-state index in [1.165, 1.54) is 4.40 Å². The van der Waals surface area contributed by atoms with Gasteiger partial charge in [0.25, 0.3) is 5.56 Å². The smallest absolute Gasteiger partial charge is 0.258 e. The summed E-state index contributed by atoms with van der Waals surface area (Å²) < 4.78 is 7.19. The lowest BCUT2D eigenvalue weighted by molar-refractivity contribution is -0.0707. The van der Waals surface area contributed by atoms with Crippen molar-refractivity contribution in [2.24, 2.45) is 0 Å². The van der Waals surface area contributed by atoms with Crippen molar-refractivity contribution >= 4 is 17.2 Å². The molecule has 0 radical (unpaired) electrons. The van der Waals surface area contributed by atoms with Gasteiger partial charge in [0.2, 0.25) is 0 Å². The van der Waals surface area contributed by atoms with Crippen LogP contribution in [-0.2, 0) is 11.3 Å². The fourth-order valence-corrected chi connectivity index (χ4v) is 3.01. The fraction of sp³-hybridized carbons (Fsp3) is 0.467. The van der Waals surface area contributed by atoms with Gasteiger partial charge >= 0.3 is 0 Å². The maximum Gasteiger partial charge on any atom is 0.258 e. The van der Waals surface area contributed by atoms with E-state index in [2.05, 4.69) is 23.7 Å². The van der Waals surface area contributed by atoms with Crippen LogP contribution in [0.5, 0.6) is 0 Å². The number of pyridine rings is 1. The molecule has 0 aliphatic carbocycles. The highest BCUT2D eigenvalue weighted by atomic mass is 35.5. The Hall–Kier alpha value is -1.43. The molecule has 3 rings (SSSR count). The maximum atomic E-state index is 12.1. The molecule has 2 aromatic heterocycles. The quantitative estimate of drug-likeness (QED) is 0.851. The Morgan fingerprint density at radius 3 is 2.76 bits per heavy atom. The fourth-order valence-electron chi connectivity index (χ4n) is 2.85. The van der Waals surface area contributed by atoms with Crippen molar-refractivity contribution in [3.05, 3.63) is 45.5 Å². The van der Waals surface area contributed by atoms with E-state index in [0.29, 0.717) is 17.2 Å². The molecule has 1 aliphatic heterocycles. The van der Waals surface area contributed by atoms with Crippen LogP contribution in [0.1, 0.15) is 19.5 Å². The van der Waals surface area contributed by atoms with Crippen LogP contribution in [0.2, 0.25) is 5.02 Å². The van der Waals surface area contributed by atoms with E-state index in [9.17, 15) is 4.79 Å². The highest BCUT2D eigenvalue weighted by molar-refractivity contribution is 6.30. The summed E-state index contributed by atoms with van der Waals surface area (Å²) in [6.45, 7) is 6.49. The molecule has 2 atom stereocenters. The molecule has 21 heavy (non-hydrogen) atoms. The first-order valence-electron chi connectivity index (χ1n) is 7.07. The number of hydrogen-bond donors (Lipinski definition) is 0. The molecule has 112 valence electrons. The van der Waals surface area contributed by atoms with E-state index in [1.807, 2.05) is 0 Å². The van der Waals surface area contributed by atoms with Gasteiger partial charge in [0.05, 0.1) is 22.9 Å². The van der Waals surface area contributed by atoms with Crippen LogP contribution in [0.3, 0.4) is 0 Å². The number of morpholine rings is 1. The summed E-state index contributed by atoms with van der Waals surface area (Å²) >= 11 is 5.91. The van der Waals surface area contributed by atoms with Gasteiger partial charge in [0.15, 0.2) is 0 Å². The molecular formula is C15H18ClN3O2. The van der Waals surface area contributed by atoms with E-state index in [0.717, 1.165) is 18.8 Å². The van der Waals surface area contributed by atoms with E-state index in [1.54, 1.807) is 24.4 Å². The predicted molar refractivity (Wildman–Crippen MR) is 81.8 cm³/mol. The first-order chi connectivity index (χ1) is 10.0. The zero-order valence-corrected chi connectivity index (χ0v) is 12.9. The molecular weight excluding hydrogens is 290 g/mol. The van der Waals surface area contributed by atoms with Crippen LogP contribution in [0.4, 0.5) is 0 Å². The predicted octanol–water partition coefficient (Wildman–Crippen LogP) is 1.96. The average molecular weight is 308 g/mol. The minimum atomic E-state index is -0.105. The Balaban J connectivity index is 1.87. The second kappa shape index (κ2) is 5.75. The van der Waals surface area contributed by atoms with E-state index < -0.39 is 0 Å². The number of nitrogens with zero attached hydrogens (tertiary/aromatic N) is 3. The van der Waals surface area contributed by atoms with Crippen molar-refractivity contribution in [3.63, 3.8) is 0 Å². The Labute approximate surface area is 128 Å². The van der Waals surface area contributed by atoms with Gasteiger partial charge in [-0.05, 0) is 26.0 Å². The largest absolute Gasteiger partial charge is 0.373 e. The molecule has 0 aromatic carbocycles. The number of hydrogen-bond acceptors (Lipinski definition) is 4. The molecule has 1 fully saturated rings. The van der Waals surface area contributed by atoms with Gasteiger partial charge in [0, 0.05) is 31.9 Å². The van der Waals surface area contributed by atoms with Gasteiger partial charge < -0.3 is 4.74 Å². The molecule has 0 saturated carbocycles. The summed E-state index contributed by atoms with van der Waals surface area (Å²) in [7, 11) is 0. The highest BCUT2D eigenvalue weighted by Crippen LogP contribution is 2.14. The third-order valence-electron chi connectivity index (χ3n) is 3.56. The van der Waals surface area contributed by atoms with Gasteiger partial charge in [-0.3, -0.25) is 14.1 Å². The first kappa shape index (κ1) is 14.5. The monoisotopic (exact) mass is 307 g/mol. The third-order valence-corrected chi connectivity index (χ3v) is 3.78. The summed E-state index contributed by atoms with van der Waals surface area (Å²) in [5.74, 6) is 0. The Morgan fingerprint density at radius 1 is 1.33 bits per heavy atom. The number of aromatic nitrogens is 2. The second-order valence-electron chi connectivity index (χ2n) is 5.61. The molecule has 6 heteroatoms. The molecule has 3 heterocycles. The van der Waals surface area contributed by atoms with Crippen molar-refractivity contribution in [1.29, 1.82) is 0 Å².